The van der Waals surface area contributed by atoms with Gasteiger partial charge in [-0.15, -0.1) is 11.8 Å². The Bertz CT molecular complexity index is 906. The average Bonchev–Trinajstić information content (AvgIpc) is 2.87. The zero-order valence-electron chi connectivity index (χ0n) is 13.9. The Kier molecular flexibility index (Phi) is 4.73. The first-order valence-electron chi connectivity index (χ1n) is 7.90. The summed E-state index contributed by atoms with van der Waals surface area (Å²) in [7, 11) is 0. The van der Waals surface area contributed by atoms with Gasteiger partial charge in [-0.2, -0.15) is 5.26 Å². The van der Waals surface area contributed by atoms with Gasteiger partial charge in [0.25, 0.3) is 11.8 Å². The van der Waals surface area contributed by atoms with Crippen LogP contribution in [0, 0.1) is 18.3 Å². The summed E-state index contributed by atoms with van der Waals surface area (Å²) in [5, 5.41) is 8.91. The van der Waals surface area contributed by atoms with Gasteiger partial charge < -0.3 is 0 Å². The number of thioether (sulfide) groups is 1. The van der Waals surface area contributed by atoms with Crippen molar-refractivity contribution in [2.24, 2.45) is 0 Å². The van der Waals surface area contributed by atoms with E-state index in [1.54, 1.807) is 24.3 Å². The van der Waals surface area contributed by atoms with E-state index in [2.05, 4.69) is 0 Å². The van der Waals surface area contributed by atoms with E-state index in [4.69, 9.17) is 5.26 Å². The summed E-state index contributed by atoms with van der Waals surface area (Å²) >= 11 is 1.38. The summed E-state index contributed by atoms with van der Waals surface area (Å²) < 4.78 is 0. The number of aryl methyl sites for hydroxylation is 1. The van der Waals surface area contributed by atoms with Crippen LogP contribution in [0.3, 0.4) is 0 Å². The van der Waals surface area contributed by atoms with Gasteiger partial charge in [0, 0.05) is 0 Å². The van der Waals surface area contributed by atoms with E-state index in [0.717, 1.165) is 11.1 Å². The Balaban J connectivity index is 2.06. The van der Waals surface area contributed by atoms with E-state index < -0.39 is 0 Å². The fraction of sp³-hybridized carbons (Fsp3) is 0.150. The Morgan fingerprint density at radius 1 is 1.00 bits per heavy atom. The second kappa shape index (κ2) is 6.96. The number of anilines is 1. The molecule has 124 valence electrons. The first-order chi connectivity index (χ1) is 12.1. The van der Waals surface area contributed by atoms with E-state index in [0.29, 0.717) is 27.5 Å². The maximum Gasteiger partial charge on any atom is 0.272 e. The molecular formula is C20H16N2O2S. The molecule has 0 fully saturated rings. The molecule has 1 aliphatic rings. The third-order valence-corrected chi connectivity index (χ3v) is 4.88. The summed E-state index contributed by atoms with van der Waals surface area (Å²) in [6.45, 7) is 3.93. The molecule has 0 spiro atoms. The third-order valence-electron chi connectivity index (χ3n) is 3.92. The molecule has 3 rings (SSSR count). The number of carbonyl (C=O) groups excluding carboxylic acids is 2. The highest BCUT2D eigenvalue weighted by Gasteiger charge is 2.39. The van der Waals surface area contributed by atoms with E-state index in [1.165, 1.54) is 16.7 Å². The molecule has 0 aliphatic carbocycles. The largest absolute Gasteiger partial charge is 0.272 e. The minimum atomic E-state index is -0.325. The fourth-order valence-corrected chi connectivity index (χ4v) is 3.54. The zero-order valence-corrected chi connectivity index (χ0v) is 14.8. The van der Waals surface area contributed by atoms with Crippen LogP contribution in [-0.2, 0) is 9.59 Å². The van der Waals surface area contributed by atoms with Crippen molar-refractivity contribution in [2.45, 2.75) is 13.8 Å². The SMILES string of the molecule is CCSC1=C(c2ccc(C)cc2)C(=O)N(c2ccc(C#N)cc2)C1=O. The van der Waals surface area contributed by atoms with Gasteiger partial charge in [-0.05, 0) is 42.5 Å². The summed E-state index contributed by atoms with van der Waals surface area (Å²) in [6.07, 6.45) is 0. The van der Waals surface area contributed by atoms with E-state index in [-0.39, 0.29) is 11.8 Å². The van der Waals surface area contributed by atoms with Gasteiger partial charge in [-0.25, -0.2) is 4.90 Å². The molecule has 0 radical (unpaired) electrons. The molecule has 2 aromatic rings. The second-order valence-electron chi connectivity index (χ2n) is 5.61. The van der Waals surface area contributed by atoms with Crippen LogP contribution in [0.2, 0.25) is 0 Å². The van der Waals surface area contributed by atoms with E-state index in [1.807, 2.05) is 44.2 Å². The normalized spacial score (nSPS) is 14.2. The fourth-order valence-electron chi connectivity index (χ4n) is 2.68. The monoisotopic (exact) mass is 348 g/mol. The number of carbonyl (C=O) groups is 2. The minimum Gasteiger partial charge on any atom is -0.268 e. The van der Waals surface area contributed by atoms with Crippen molar-refractivity contribution in [1.29, 1.82) is 5.26 Å². The number of nitriles is 1. The predicted octanol–water partition coefficient (Wildman–Crippen LogP) is 3.90. The highest BCUT2D eigenvalue weighted by atomic mass is 32.2. The first kappa shape index (κ1) is 17.0. The molecule has 2 aromatic carbocycles. The van der Waals surface area contributed by atoms with Crippen LogP contribution in [-0.4, -0.2) is 17.6 Å². The van der Waals surface area contributed by atoms with Crippen molar-refractivity contribution in [3.63, 3.8) is 0 Å². The molecule has 25 heavy (non-hydrogen) atoms. The highest BCUT2D eigenvalue weighted by Crippen LogP contribution is 2.38. The van der Waals surface area contributed by atoms with Crippen molar-refractivity contribution in [3.8, 4) is 6.07 Å². The van der Waals surface area contributed by atoms with Crippen molar-refractivity contribution < 1.29 is 9.59 Å². The molecule has 0 bridgehead atoms. The van der Waals surface area contributed by atoms with Crippen LogP contribution in [0.1, 0.15) is 23.6 Å². The lowest BCUT2D eigenvalue weighted by Gasteiger charge is -2.15. The topological polar surface area (TPSA) is 61.2 Å². The van der Waals surface area contributed by atoms with Crippen LogP contribution in [0.25, 0.3) is 5.57 Å². The second-order valence-corrected chi connectivity index (χ2v) is 6.88. The van der Waals surface area contributed by atoms with Crippen molar-refractivity contribution in [3.05, 3.63) is 70.1 Å². The van der Waals surface area contributed by atoms with Crippen LogP contribution in [0.15, 0.2) is 53.4 Å². The Labute approximate surface area is 150 Å². The Morgan fingerprint density at radius 3 is 2.20 bits per heavy atom. The number of hydrogen-bond acceptors (Lipinski definition) is 4. The van der Waals surface area contributed by atoms with Gasteiger partial charge in [0.15, 0.2) is 0 Å². The molecule has 1 heterocycles. The molecular weight excluding hydrogens is 332 g/mol. The first-order valence-corrected chi connectivity index (χ1v) is 8.88. The number of benzene rings is 2. The smallest absolute Gasteiger partial charge is 0.268 e. The number of hydrogen-bond donors (Lipinski definition) is 0. The lowest BCUT2D eigenvalue weighted by Crippen LogP contribution is -2.31. The summed E-state index contributed by atoms with van der Waals surface area (Å²) in [4.78, 5) is 27.5. The molecule has 4 nitrogen and oxygen atoms in total. The molecule has 0 atom stereocenters. The molecule has 0 aromatic heterocycles. The van der Waals surface area contributed by atoms with Gasteiger partial charge in [0.05, 0.1) is 27.8 Å². The standard InChI is InChI=1S/C20H16N2O2S/c1-3-25-18-17(15-8-4-13(2)5-9-15)19(23)22(20(18)24)16-10-6-14(12-21)7-11-16/h4-11H,3H2,1-2H3. The zero-order chi connectivity index (χ0) is 18.0. The van der Waals surface area contributed by atoms with Crippen molar-refractivity contribution in [1.82, 2.24) is 0 Å². The molecule has 2 amide bonds. The molecule has 0 saturated heterocycles. The van der Waals surface area contributed by atoms with Gasteiger partial charge in [0.2, 0.25) is 0 Å². The van der Waals surface area contributed by atoms with Crippen LogP contribution in [0.4, 0.5) is 5.69 Å². The van der Waals surface area contributed by atoms with Gasteiger partial charge in [-0.1, -0.05) is 36.8 Å². The number of rotatable bonds is 4. The Hall–Kier alpha value is -2.84. The predicted molar refractivity (Wildman–Crippen MR) is 99.9 cm³/mol. The number of nitrogens with zero attached hydrogens (tertiary/aromatic N) is 2. The summed E-state index contributed by atoms with van der Waals surface area (Å²) in [5.41, 5.74) is 3.25. The van der Waals surface area contributed by atoms with E-state index in [9.17, 15) is 9.59 Å². The molecule has 0 unspecified atom stereocenters. The van der Waals surface area contributed by atoms with Crippen LogP contribution in [0.5, 0.6) is 0 Å². The molecule has 0 N–H and O–H groups in total. The number of amides is 2. The summed E-state index contributed by atoms with van der Waals surface area (Å²) in [6, 6.07) is 16.1. The van der Waals surface area contributed by atoms with Crippen molar-refractivity contribution >= 4 is 34.8 Å². The average molecular weight is 348 g/mol. The quantitative estimate of drug-likeness (QED) is 0.786. The molecule has 1 aliphatic heterocycles. The van der Waals surface area contributed by atoms with E-state index >= 15 is 0 Å². The third kappa shape index (κ3) is 3.09. The molecule has 0 saturated carbocycles. The minimum absolute atomic E-state index is 0.308. The summed E-state index contributed by atoms with van der Waals surface area (Å²) in [5.74, 6) is 0.0666. The molecule has 5 heteroatoms. The van der Waals surface area contributed by atoms with Crippen LogP contribution >= 0.6 is 11.8 Å². The highest BCUT2D eigenvalue weighted by molar-refractivity contribution is 8.04. The maximum atomic E-state index is 13.0. The maximum absolute atomic E-state index is 13.0. The lowest BCUT2D eigenvalue weighted by molar-refractivity contribution is -0.119. The number of imide groups is 1. The van der Waals surface area contributed by atoms with Crippen LogP contribution < -0.4 is 4.90 Å². The lowest BCUT2D eigenvalue weighted by atomic mass is 10.0. The Morgan fingerprint density at radius 2 is 1.64 bits per heavy atom. The van der Waals surface area contributed by atoms with Gasteiger partial charge in [0.1, 0.15) is 0 Å². The van der Waals surface area contributed by atoms with Gasteiger partial charge in [-0.3, -0.25) is 9.59 Å². The van der Waals surface area contributed by atoms with Gasteiger partial charge >= 0.3 is 0 Å². The van der Waals surface area contributed by atoms with Crippen molar-refractivity contribution in [2.75, 3.05) is 10.7 Å².